The Balaban J connectivity index is 2.12. The van der Waals surface area contributed by atoms with Crippen molar-refractivity contribution in [3.8, 4) is 5.75 Å². The summed E-state index contributed by atoms with van der Waals surface area (Å²) >= 11 is 3.00. The number of carboxylic acids is 1. The fourth-order valence-electron chi connectivity index (χ4n) is 1.91. The minimum Gasteiger partial charge on any atom is -0.480 e. The van der Waals surface area contributed by atoms with Crippen molar-refractivity contribution < 1.29 is 28.2 Å². The Hall–Kier alpha value is -1.70. The summed E-state index contributed by atoms with van der Waals surface area (Å²) in [5.41, 5.74) is 0. The SMILES string of the molecule is O=C(O)CN1CCC(Oc2cc(Br)cc(F)c2F)C1=O. The number of amides is 1. The van der Waals surface area contributed by atoms with Gasteiger partial charge in [-0.2, -0.15) is 4.39 Å². The maximum Gasteiger partial charge on any atom is 0.323 e. The molecule has 1 aromatic rings. The molecule has 0 radical (unpaired) electrons. The van der Waals surface area contributed by atoms with Gasteiger partial charge < -0.3 is 14.7 Å². The summed E-state index contributed by atoms with van der Waals surface area (Å²) in [6, 6.07) is 2.15. The van der Waals surface area contributed by atoms with Crippen LogP contribution in [0.5, 0.6) is 5.75 Å². The second-order valence-corrected chi connectivity index (χ2v) is 5.16. The quantitative estimate of drug-likeness (QED) is 0.841. The Labute approximate surface area is 121 Å². The van der Waals surface area contributed by atoms with Crippen LogP contribution in [0.2, 0.25) is 0 Å². The van der Waals surface area contributed by atoms with E-state index in [0.717, 1.165) is 11.0 Å². The minimum atomic E-state index is -1.18. The molecule has 0 saturated carbocycles. The molecule has 0 aliphatic carbocycles. The number of hydrogen-bond acceptors (Lipinski definition) is 3. The van der Waals surface area contributed by atoms with Gasteiger partial charge in [-0.15, -0.1) is 0 Å². The van der Waals surface area contributed by atoms with Crippen LogP contribution in [0.3, 0.4) is 0 Å². The molecule has 1 amide bonds. The van der Waals surface area contributed by atoms with Gasteiger partial charge in [0.05, 0.1) is 0 Å². The van der Waals surface area contributed by atoms with E-state index in [9.17, 15) is 18.4 Å². The molecule has 2 rings (SSSR count). The molecule has 0 aromatic heterocycles. The molecule has 1 saturated heterocycles. The first-order valence-corrected chi connectivity index (χ1v) is 6.49. The van der Waals surface area contributed by atoms with Gasteiger partial charge in [0.25, 0.3) is 5.91 Å². The molecule has 20 heavy (non-hydrogen) atoms. The molecule has 1 fully saturated rings. The summed E-state index contributed by atoms with van der Waals surface area (Å²) < 4.78 is 32.2. The van der Waals surface area contributed by atoms with Crippen molar-refractivity contribution in [2.45, 2.75) is 12.5 Å². The van der Waals surface area contributed by atoms with Crippen molar-refractivity contribution in [2.75, 3.05) is 13.1 Å². The molecule has 5 nitrogen and oxygen atoms in total. The zero-order chi connectivity index (χ0) is 14.9. The molecule has 1 aliphatic heterocycles. The largest absolute Gasteiger partial charge is 0.480 e. The molecule has 1 heterocycles. The molecular weight excluding hydrogens is 340 g/mol. The number of hydrogen-bond donors (Lipinski definition) is 1. The van der Waals surface area contributed by atoms with E-state index in [1.54, 1.807) is 0 Å². The van der Waals surface area contributed by atoms with Crippen LogP contribution < -0.4 is 4.74 Å². The molecule has 0 spiro atoms. The van der Waals surface area contributed by atoms with E-state index in [-0.39, 0.29) is 23.2 Å². The first kappa shape index (κ1) is 14.7. The lowest BCUT2D eigenvalue weighted by Gasteiger charge is -2.15. The first-order chi connectivity index (χ1) is 9.38. The minimum absolute atomic E-state index is 0.202. The molecule has 8 heteroatoms. The lowest BCUT2D eigenvalue weighted by Crippen LogP contribution is -2.35. The third kappa shape index (κ3) is 3.06. The molecule has 1 unspecified atom stereocenters. The fourth-order valence-corrected chi connectivity index (χ4v) is 2.32. The standard InChI is InChI=1S/C12H10BrF2NO4/c13-6-3-7(14)11(15)9(4-6)20-8-1-2-16(12(8)19)5-10(17)18/h3-4,8H,1-2,5H2,(H,17,18). The highest BCUT2D eigenvalue weighted by atomic mass is 79.9. The highest BCUT2D eigenvalue weighted by Gasteiger charge is 2.35. The Morgan fingerprint density at radius 3 is 2.85 bits per heavy atom. The predicted molar refractivity (Wildman–Crippen MR) is 67.3 cm³/mol. The number of likely N-dealkylation sites (tertiary alicyclic amines) is 1. The highest BCUT2D eigenvalue weighted by molar-refractivity contribution is 9.10. The third-order valence-electron chi connectivity index (χ3n) is 2.80. The number of carbonyl (C=O) groups excluding carboxylic acids is 1. The zero-order valence-corrected chi connectivity index (χ0v) is 11.7. The molecular formula is C12H10BrF2NO4. The third-order valence-corrected chi connectivity index (χ3v) is 3.26. The number of ether oxygens (including phenoxy) is 1. The van der Waals surface area contributed by atoms with E-state index in [1.807, 2.05) is 0 Å². The van der Waals surface area contributed by atoms with Crippen LogP contribution in [-0.2, 0) is 9.59 Å². The molecule has 0 bridgehead atoms. The summed E-state index contributed by atoms with van der Waals surface area (Å²) in [5.74, 6) is -4.35. The van der Waals surface area contributed by atoms with E-state index >= 15 is 0 Å². The molecule has 1 aromatic carbocycles. The van der Waals surface area contributed by atoms with Gasteiger partial charge in [0.1, 0.15) is 6.54 Å². The van der Waals surface area contributed by atoms with Crippen LogP contribution in [0.15, 0.2) is 16.6 Å². The number of benzene rings is 1. The summed E-state index contributed by atoms with van der Waals surface area (Å²) in [6.45, 7) is -0.234. The van der Waals surface area contributed by atoms with Crippen LogP contribution in [0.1, 0.15) is 6.42 Å². The monoisotopic (exact) mass is 349 g/mol. The fraction of sp³-hybridized carbons (Fsp3) is 0.333. The second kappa shape index (κ2) is 5.74. The van der Waals surface area contributed by atoms with Crippen molar-refractivity contribution in [1.82, 2.24) is 4.90 Å². The Kier molecular flexibility index (Phi) is 4.22. The number of carboxylic acid groups (broad SMARTS) is 1. The number of halogens is 3. The first-order valence-electron chi connectivity index (χ1n) is 5.70. The van der Waals surface area contributed by atoms with Crippen molar-refractivity contribution in [3.05, 3.63) is 28.2 Å². The van der Waals surface area contributed by atoms with Crippen LogP contribution in [0.25, 0.3) is 0 Å². The number of nitrogens with zero attached hydrogens (tertiary/aromatic N) is 1. The number of rotatable bonds is 4. The van der Waals surface area contributed by atoms with E-state index in [2.05, 4.69) is 15.9 Å². The number of aliphatic carboxylic acids is 1. The maximum atomic E-state index is 13.5. The van der Waals surface area contributed by atoms with Gasteiger partial charge in [-0.05, 0) is 12.1 Å². The topological polar surface area (TPSA) is 66.8 Å². The molecule has 1 atom stereocenters. The second-order valence-electron chi connectivity index (χ2n) is 4.25. The lowest BCUT2D eigenvalue weighted by atomic mass is 10.3. The molecule has 1 aliphatic rings. The Morgan fingerprint density at radius 2 is 2.20 bits per heavy atom. The number of carbonyl (C=O) groups is 2. The van der Waals surface area contributed by atoms with Crippen LogP contribution in [0, 0.1) is 11.6 Å². The molecule has 108 valence electrons. The normalized spacial score (nSPS) is 18.4. The van der Waals surface area contributed by atoms with Gasteiger partial charge in [-0.1, -0.05) is 15.9 Å². The van der Waals surface area contributed by atoms with Gasteiger partial charge in [-0.25, -0.2) is 4.39 Å². The van der Waals surface area contributed by atoms with Crippen LogP contribution >= 0.6 is 15.9 Å². The predicted octanol–water partition coefficient (Wildman–Crippen LogP) is 1.79. The van der Waals surface area contributed by atoms with Gasteiger partial charge >= 0.3 is 5.97 Å². The van der Waals surface area contributed by atoms with Gasteiger partial charge in [-0.3, -0.25) is 9.59 Å². The maximum absolute atomic E-state index is 13.5. The summed E-state index contributed by atoms with van der Waals surface area (Å²) in [7, 11) is 0. The van der Waals surface area contributed by atoms with E-state index in [1.165, 1.54) is 6.07 Å². The van der Waals surface area contributed by atoms with E-state index in [4.69, 9.17) is 9.84 Å². The average Bonchev–Trinajstić information content (AvgIpc) is 2.67. The molecule has 1 N–H and O–H groups in total. The van der Waals surface area contributed by atoms with Crippen molar-refractivity contribution in [1.29, 1.82) is 0 Å². The van der Waals surface area contributed by atoms with Crippen molar-refractivity contribution in [3.63, 3.8) is 0 Å². The van der Waals surface area contributed by atoms with Crippen LogP contribution in [0.4, 0.5) is 8.78 Å². The highest BCUT2D eigenvalue weighted by Crippen LogP contribution is 2.28. The smallest absolute Gasteiger partial charge is 0.323 e. The average molecular weight is 350 g/mol. The summed E-state index contributed by atoms with van der Waals surface area (Å²) in [4.78, 5) is 23.5. The lowest BCUT2D eigenvalue weighted by molar-refractivity contribution is -0.144. The van der Waals surface area contributed by atoms with Crippen molar-refractivity contribution in [2.24, 2.45) is 0 Å². The van der Waals surface area contributed by atoms with Gasteiger partial charge in [0, 0.05) is 17.4 Å². The van der Waals surface area contributed by atoms with Gasteiger partial charge in [0.15, 0.2) is 17.7 Å². The zero-order valence-electron chi connectivity index (χ0n) is 10.1. The van der Waals surface area contributed by atoms with Gasteiger partial charge in [0.2, 0.25) is 5.82 Å². The summed E-state index contributed by atoms with van der Waals surface area (Å²) in [6.07, 6.45) is -0.780. The Morgan fingerprint density at radius 1 is 1.50 bits per heavy atom. The van der Waals surface area contributed by atoms with Crippen LogP contribution in [-0.4, -0.2) is 41.1 Å². The van der Waals surface area contributed by atoms with E-state index < -0.39 is 36.2 Å². The van der Waals surface area contributed by atoms with Crippen molar-refractivity contribution >= 4 is 27.8 Å². The van der Waals surface area contributed by atoms with E-state index in [0.29, 0.717) is 0 Å². The Bertz CT molecular complexity index is 567. The summed E-state index contributed by atoms with van der Waals surface area (Å²) in [5, 5.41) is 8.63.